The Hall–Kier alpha value is -3.02. The van der Waals surface area contributed by atoms with E-state index in [-0.39, 0.29) is 18.1 Å². The first-order valence-electron chi connectivity index (χ1n) is 12.3. The van der Waals surface area contributed by atoms with Gasteiger partial charge in [-0.3, -0.25) is 4.79 Å². The molecule has 0 spiro atoms. The Labute approximate surface area is 195 Å². The van der Waals surface area contributed by atoms with Gasteiger partial charge >= 0.3 is 6.03 Å². The van der Waals surface area contributed by atoms with E-state index in [2.05, 4.69) is 17.4 Å². The third kappa shape index (κ3) is 5.15. The second kappa shape index (κ2) is 9.86. The number of piperidine rings is 1. The number of carbonyl (C=O) groups excluding carboxylic acids is 2. The predicted octanol–water partition coefficient (Wildman–Crippen LogP) is 5.18. The van der Waals surface area contributed by atoms with Crippen molar-refractivity contribution in [3.63, 3.8) is 0 Å². The van der Waals surface area contributed by atoms with Crippen molar-refractivity contribution in [1.82, 2.24) is 9.80 Å². The Balaban J connectivity index is 1.08. The highest BCUT2D eigenvalue weighted by Crippen LogP contribution is 2.28. The summed E-state index contributed by atoms with van der Waals surface area (Å²) in [6, 6.07) is 15.7. The summed E-state index contributed by atoms with van der Waals surface area (Å²) < 4.78 is 6.17. The Morgan fingerprint density at radius 3 is 2.06 bits per heavy atom. The lowest BCUT2D eigenvalue weighted by Crippen LogP contribution is -2.44. The highest BCUT2D eigenvalue weighted by Gasteiger charge is 2.29. The molecule has 3 aliphatic rings. The number of urea groups is 1. The molecule has 174 valence electrons. The molecule has 1 saturated carbocycles. The minimum Gasteiger partial charge on any atom is -0.490 e. The van der Waals surface area contributed by atoms with Crippen LogP contribution in [0.5, 0.6) is 5.75 Å². The molecular weight excluding hydrogens is 414 g/mol. The molecule has 0 radical (unpaired) electrons. The molecule has 1 aliphatic carbocycles. The van der Waals surface area contributed by atoms with Gasteiger partial charge in [0.1, 0.15) is 11.9 Å². The number of anilines is 1. The van der Waals surface area contributed by atoms with Gasteiger partial charge in [-0.2, -0.15) is 0 Å². The van der Waals surface area contributed by atoms with Gasteiger partial charge in [-0.25, -0.2) is 4.79 Å². The maximum Gasteiger partial charge on any atom is 0.322 e. The first-order valence-corrected chi connectivity index (χ1v) is 12.3. The fourth-order valence-corrected chi connectivity index (χ4v) is 5.29. The first-order chi connectivity index (χ1) is 16.2. The Morgan fingerprint density at radius 1 is 0.788 bits per heavy atom. The van der Waals surface area contributed by atoms with E-state index in [1.807, 2.05) is 46.2 Å². The van der Waals surface area contributed by atoms with Crippen molar-refractivity contribution in [2.75, 3.05) is 18.4 Å². The van der Waals surface area contributed by atoms with Gasteiger partial charge in [-0.05, 0) is 48.2 Å². The highest BCUT2D eigenvalue weighted by molar-refractivity contribution is 5.89. The molecule has 0 bridgehead atoms. The Kier molecular flexibility index (Phi) is 6.51. The molecule has 2 aromatic rings. The number of nitrogens with one attached hydrogen (secondary N) is 1. The van der Waals surface area contributed by atoms with Crippen molar-refractivity contribution in [2.24, 2.45) is 5.92 Å². The molecule has 6 heteroatoms. The van der Waals surface area contributed by atoms with Crippen molar-refractivity contribution in [2.45, 2.75) is 64.1 Å². The number of amides is 3. The summed E-state index contributed by atoms with van der Waals surface area (Å²) in [7, 11) is 0. The lowest BCUT2D eigenvalue weighted by atomic mass is 9.88. The zero-order valence-electron chi connectivity index (χ0n) is 19.2. The van der Waals surface area contributed by atoms with Crippen LogP contribution in [0, 0.1) is 5.92 Å². The van der Waals surface area contributed by atoms with Gasteiger partial charge in [-0.15, -0.1) is 0 Å². The van der Waals surface area contributed by atoms with Gasteiger partial charge in [0.15, 0.2) is 0 Å². The summed E-state index contributed by atoms with van der Waals surface area (Å²) in [6.07, 6.45) is 7.64. The number of carbonyl (C=O) groups is 2. The zero-order valence-corrected chi connectivity index (χ0v) is 19.2. The Bertz CT molecular complexity index is 951. The van der Waals surface area contributed by atoms with Gasteiger partial charge < -0.3 is 19.9 Å². The van der Waals surface area contributed by atoms with Crippen LogP contribution in [0.2, 0.25) is 0 Å². The van der Waals surface area contributed by atoms with Crippen LogP contribution < -0.4 is 10.1 Å². The molecule has 0 atom stereocenters. The molecule has 33 heavy (non-hydrogen) atoms. The number of rotatable bonds is 4. The van der Waals surface area contributed by atoms with Gasteiger partial charge in [0.2, 0.25) is 5.91 Å². The van der Waals surface area contributed by atoms with E-state index in [4.69, 9.17) is 4.74 Å². The monoisotopic (exact) mass is 447 g/mol. The van der Waals surface area contributed by atoms with Gasteiger partial charge in [0, 0.05) is 50.6 Å². The lowest BCUT2D eigenvalue weighted by Gasteiger charge is -2.35. The summed E-state index contributed by atoms with van der Waals surface area (Å²) in [5, 5.41) is 2.99. The molecule has 2 heterocycles. The number of benzene rings is 2. The van der Waals surface area contributed by atoms with E-state index < -0.39 is 0 Å². The van der Waals surface area contributed by atoms with E-state index >= 15 is 0 Å². The summed E-state index contributed by atoms with van der Waals surface area (Å²) >= 11 is 0. The highest BCUT2D eigenvalue weighted by atomic mass is 16.5. The first kappa shape index (κ1) is 21.8. The van der Waals surface area contributed by atoms with Crippen molar-refractivity contribution in [3.05, 3.63) is 59.7 Å². The van der Waals surface area contributed by atoms with E-state index in [0.717, 1.165) is 50.2 Å². The van der Waals surface area contributed by atoms with Crippen molar-refractivity contribution < 1.29 is 14.3 Å². The smallest absolute Gasteiger partial charge is 0.322 e. The molecule has 1 saturated heterocycles. The molecule has 3 amide bonds. The number of hydrogen-bond acceptors (Lipinski definition) is 3. The predicted molar refractivity (Wildman–Crippen MR) is 128 cm³/mol. The fraction of sp³-hybridized carbons (Fsp3) is 0.481. The maximum absolute atomic E-state index is 12.8. The largest absolute Gasteiger partial charge is 0.490 e. The van der Waals surface area contributed by atoms with Crippen molar-refractivity contribution in [1.29, 1.82) is 0 Å². The quantitative estimate of drug-likeness (QED) is 0.702. The van der Waals surface area contributed by atoms with Crippen LogP contribution in [-0.4, -0.2) is 40.9 Å². The van der Waals surface area contributed by atoms with E-state index in [0.29, 0.717) is 19.0 Å². The topological polar surface area (TPSA) is 61.9 Å². The number of ether oxygens (including phenoxy) is 1. The standard InChI is InChI=1S/C27H33N3O3/c31-26(20-6-2-1-3-7-20)29-16-14-25(15-17-29)33-24-12-10-23(11-13-24)28-27(32)30-18-21-8-4-5-9-22(21)19-30/h4-5,8-13,20,25H,1-3,6-7,14-19H2,(H,28,32). The molecule has 2 aromatic carbocycles. The van der Waals surface area contributed by atoms with E-state index in [1.165, 1.54) is 30.4 Å². The summed E-state index contributed by atoms with van der Waals surface area (Å²) in [5.74, 6) is 1.40. The average molecular weight is 448 g/mol. The van der Waals surface area contributed by atoms with Crippen LogP contribution in [0.3, 0.4) is 0 Å². The summed E-state index contributed by atoms with van der Waals surface area (Å²) in [6.45, 7) is 2.86. The number of hydrogen-bond donors (Lipinski definition) is 1. The molecule has 0 aromatic heterocycles. The number of likely N-dealkylation sites (tertiary alicyclic amines) is 1. The third-order valence-corrected chi connectivity index (χ3v) is 7.24. The van der Waals surface area contributed by atoms with Gasteiger partial charge in [0.25, 0.3) is 0 Å². The Morgan fingerprint density at radius 2 is 1.42 bits per heavy atom. The molecule has 2 fully saturated rings. The second-order valence-corrected chi connectivity index (χ2v) is 9.56. The number of nitrogens with zero attached hydrogens (tertiary/aromatic N) is 2. The van der Waals surface area contributed by atoms with Crippen LogP contribution in [-0.2, 0) is 17.9 Å². The van der Waals surface area contributed by atoms with Crippen LogP contribution in [0.25, 0.3) is 0 Å². The molecule has 0 unspecified atom stereocenters. The van der Waals surface area contributed by atoms with Crippen molar-refractivity contribution in [3.8, 4) is 5.75 Å². The minimum absolute atomic E-state index is 0.0881. The van der Waals surface area contributed by atoms with Crippen molar-refractivity contribution >= 4 is 17.6 Å². The summed E-state index contributed by atoms with van der Waals surface area (Å²) in [4.78, 5) is 29.3. The third-order valence-electron chi connectivity index (χ3n) is 7.24. The molecule has 1 N–H and O–H groups in total. The second-order valence-electron chi connectivity index (χ2n) is 9.56. The van der Waals surface area contributed by atoms with Gasteiger partial charge in [-0.1, -0.05) is 43.5 Å². The number of fused-ring (bicyclic) bond motifs is 1. The van der Waals surface area contributed by atoms with E-state index in [1.54, 1.807) is 0 Å². The van der Waals surface area contributed by atoms with Crippen LogP contribution in [0.15, 0.2) is 48.5 Å². The van der Waals surface area contributed by atoms with Crippen LogP contribution in [0.4, 0.5) is 10.5 Å². The lowest BCUT2D eigenvalue weighted by molar-refractivity contribution is -0.138. The average Bonchev–Trinajstić information content (AvgIpc) is 3.31. The van der Waals surface area contributed by atoms with E-state index in [9.17, 15) is 9.59 Å². The van der Waals surface area contributed by atoms with Crippen LogP contribution in [0.1, 0.15) is 56.1 Å². The molecular formula is C27H33N3O3. The molecule has 2 aliphatic heterocycles. The zero-order chi connectivity index (χ0) is 22.6. The normalized spacial score (nSPS) is 19.3. The van der Waals surface area contributed by atoms with Gasteiger partial charge in [0.05, 0.1) is 0 Å². The molecule has 6 nitrogen and oxygen atoms in total. The SMILES string of the molecule is O=C(Nc1ccc(OC2CCN(C(=O)C3CCCCC3)CC2)cc1)N1Cc2ccccc2C1. The summed E-state index contributed by atoms with van der Waals surface area (Å²) in [5.41, 5.74) is 3.18. The maximum atomic E-state index is 12.8. The minimum atomic E-state index is -0.0881. The van der Waals surface area contributed by atoms with Crippen LogP contribution >= 0.6 is 0 Å². The fourth-order valence-electron chi connectivity index (χ4n) is 5.29. The molecule has 5 rings (SSSR count).